The average molecular weight is 488 g/mol. The molecule has 4 aromatic rings. The Kier molecular flexibility index (Phi) is 6.00. The van der Waals surface area contributed by atoms with E-state index in [2.05, 4.69) is 0 Å². The van der Waals surface area contributed by atoms with Gasteiger partial charge in [-0.25, -0.2) is 4.39 Å². The van der Waals surface area contributed by atoms with Gasteiger partial charge < -0.3 is 18.8 Å². The van der Waals surface area contributed by atoms with Crippen molar-refractivity contribution >= 4 is 16.9 Å². The molecule has 7 heteroatoms. The summed E-state index contributed by atoms with van der Waals surface area (Å²) in [6.45, 7) is 3.98. The fourth-order valence-electron chi connectivity index (χ4n) is 5.01. The normalized spacial score (nSPS) is 14.9. The van der Waals surface area contributed by atoms with Gasteiger partial charge >= 0.3 is 0 Å². The number of ether oxygens (including phenoxy) is 2. The molecule has 1 amide bonds. The van der Waals surface area contributed by atoms with E-state index in [4.69, 9.17) is 13.9 Å². The predicted octanol–water partition coefficient (Wildman–Crippen LogP) is 5.35. The van der Waals surface area contributed by atoms with Gasteiger partial charge in [-0.1, -0.05) is 30.3 Å². The van der Waals surface area contributed by atoms with Crippen molar-refractivity contribution in [3.05, 3.63) is 104 Å². The number of rotatable bonds is 6. The van der Waals surface area contributed by atoms with Crippen molar-refractivity contribution in [1.82, 2.24) is 4.90 Å². The highest BCUT2D eigenvalue weighted by molar-refractivity contribution is 5.99. The molecular weight excluding hydrogens is 461 g/mol. The van der Waals surface area contributed by atoms with Crippen molar-refractivity contribution in [2.45, 2.75) is 26.3 Å². The zero-order valence-corrected chi connectivity index (χ0v) is 20.6. The zero-order valence-electron chi connectivity index (χ0n) is 20.6. The maximum atomic E-state index is 15.1. The highest BCUT2D eigenvalue weighted by atomic mass is 19.1. The summed E-state index contributed by atoms with van der Waals surface area (Å²) in [5.74, 6) is 0.227. The molecule has 0 bridgehead atoms. The highest BCUT2D eigenvalue weighted by Gasteiger charge is 2.43. The molecule has 184 valence electrons. The van der Waals surface area contributed by atoms with Crippen molar-refractivity contribution in [1.29, 1.82) is 0 Å². The van der Waals surface area contributed by atoms with E-state index in [1.165, 1.54) is 11.0 Å². The summed E-state index contributed by atoms with van der Waals surface area (Å²) in [7, 11) is 3.12. The molecule has 3 aromatic carbocycles. The topological polar surface area (TPSA) is 69.0 Å². The quantitative estimate of drug-likeness (QED) is 0.367. The number of halogens is 1. The van der Waals surface area contributed by atoms with Gasteiger partial charge in [0.2, 0.25) is 5.76 Å². The lowest BCUT2D eigenvalue weighted by atomic mass is 9.97. The third-order valence-electron chi connectivity index (χ3n) is 6.69. The average Bonchev–Trinajstić information content (AvgIpc) is 3.15. The first-order valence-electron chi connectivity index (χ1n) is 11.7. The molecule has 2 heterocycles. The molecule has 0 N–H and O–H groups in total. The number of amides is 1. The van der Waals surface area contributed by atoms with E-state index in [9.17, 15) is 9.59 Å². The van der Waals surface area contributed by atoms with Gasteiger partial charge in [0.15, 0.2) is 16.9 Å². The molecule has 36 heavy (non-hydrogen) atoms. The van der Waals surface area contributed by atoms with E-state index in [-0.39, 0.29) is 28.9 Å². The van der Waals surface area contributed by atoms with Crippen molar-refractivity contribution in [3.8, 4) is 11.5 Å². The monoisotopic (exact) mass is 487 g/mol. The molecule has 0 spiro atoms. The van der Waals surface area contributed by atoms with Crippen molar-refractivity contribution < 1.29 is 23.1 Å². The van der Waals surface area contributed by atoms with Crippen LogP contribution in [0.25, 0.3) is 11.0 Å². The second-order valence-corrected chi connectivity index (χ2v) is 8.99. The van der Waals surface area contributed by atoms with Crippen LogP contribution in [0.1, 0.15) is 44.4 Å². The summed E-state index contributed by atoms with van der Waals surface area (Å²) in [5, 5.41) is 0.391. The van der Waals surface area contributed by atoms with Crippen LogP contribution in [0.2, 0.25) is 0 Å². The summed E-state index contributed by atoms with van der Waals surface area (Å²) < 4.78 is 31.8. The number of benzene rings is 3. The molecule has 6 nitrogen and oxygen atoms in total. The summed E-state index contributed by atoms with van der Waals surface area (Å²) in [5.41, 5.74) is 3.08. The smallest absolute Gasteiger partial charge is 0.290 e. The second kappa shape index (κ2) is 9.15. The van der Waals surface area contributed by atoms with Gasteiger partial charge in [-0.3, -0.25) is 9.59 Å². The minimum Gasteiger partial charge on any atom is -0.493 e. The maximum Gasteiger partial charge on any atom is 0.290 e. The zero-order chi connectivity index (χ0) is 25.6. The largest absolute Gasteiger partial charge is 0.493 e. The van der Waals surface area contributed by atoms with Gasteiger partial charge in [0.25, 0.3) is 5.91 Å². The Bertz CT molecular complexity index is 1560. The van der Waals surface area contributed by atoms with Gasteiger partial charge in [0, 0.05) is 12.1 Å². The molecule has 0 radical (unpaired) electrons. The summed E-state index contributed by atoms with van der Waals surface area (Å²) in [6, 6.07) is 14.5. The first kappa shape index (κ1) is 23.6. The molecule has 1 atom stereocenters. The van der Waals surface area contributed by atoms with Gasteiger partial charge in [-0.2, -0.15) is 0 Å². The fraction of sp³-hybridized carbons (Fsp3) is 0.241. The van der Waals surface area contributed by atoms with E-state index in [0.29, 0.717) is 28.9 Å². The SMILES string of the molecule is COc1ccc(CCN2C(=O)c3oc4c(C)cc(C)cc4c(=O)c3C2c2ccccc2F)cc1OC. The number of carbonyl (C=O) groups excluding carboxylic acids is 1. The first-order valence-corrected chi connectivity index (χ1v) is 11.7. The Labute approximate surface area is 207 Å². The predicted molar refractivity (Wildman–Crippen MR) is 134 cm³/mol. The molecule has 0 aliphatic carbocycles. The summed E-state index contributed by atoms with van der Waals surface area (Å²) in [4.78, 5) is 28.9. The molecule has 1 aliphatic heterocycles. The summed E-state index contributed by atoms with van der Waals surface area (Å²) >= 11 is 0. The Morgan fingerprint density at radius 2 is 1.72 bits per heavy atom. The second-order valence-electron chi connectivity index (χ2n) is 8.99. The van der Waals surface area contributed by atoms with E-state index < -0.39 is 17.8 Å². The van der Waals surface area contributed by atoms with Crippen LogP contribution in [0.5, 0.6) is 11.5 Å². The van der Waals surface area contributed by atoms with Crippen LogP contribution in [0.3, 0.4) is 0 Å². The lowest BCUT2D eigenvalue weighted by Crippen LogP contribution is -2.32. The van der Waals surface area contributed by atoms with Crippen LogP contribution < -0.4 is 14.9 Å². The Morgan fingerprint density at radius 3 is 2.44 bits per heavy atom. The standard InChI is InChI=1S/C29H26FNO5/c1-16-13-17(2)27-20(14-16)26(32)24-25(19-7-5-6-8-21(19)30)31(29(33)28(24)36-27)12-11-18-9-10-22(34-3)23(15-18)35-4/h5-10,13-15,25H,11-12H2,1-4H3. The van der Waals surface area contributed by atoms with Crippen LogP contribution in [-0.2, 0) is 6.42 Å². The number of fused-ring (bicyclic) bond motifs is 2. The maximum absolute atomic E-state index is 15.1. The number of hydrogen-bond donors (Lipinski definition) is 0. The van der Waals surface area contributed by atoms with Gasteiger partial charge in [-0.15, -0.1) is 0 Å². The number of nitrogens with zero attached hydrogens (tertiary/aromatic N) is 1. The Balaban J connectivity index is 1.63. The van der Waals surface area contributed by atoms with Crippen LogP contribution >= 0.6 is 0 Å². The molecule has 5 rings (SSSR count). The van der Waals surface area contributed by atoms with Crippen LogP contribution in [0.15, 0.2) is 63.8 Å². The number of methoxy groups -OCH3 is 2. The number of hydrogen-bond acceptors (Lipinski definition) is 5. The third kappa shape index (κ3) is 3.81. The molecule has 0 saturated carbocycles. The lowest BCUT2D eigenvalue weighted by Gasteiger charge is -2.25. The van der Waals surface area contributed by atoms with Gasteiger partial charge in [0.05, 0.1) is 31.2 Å². The van der Waals surface area contributed by atoms with Crippen molar-refractivity contribution in [3.63, 3.8) is 0 Å². The fourth-order valence-corrected chi connectivity index (χ4v) is 5.01. The van der Waals surface area contributed by atoms with Crippen LogP contribution in [0, 0.1) is 19.7 Å². The molecule has 1 aromatic heterocycles. The molecular formula is C29H26FNO5. The Hall–Kier alpha value is -4.13. The molecule has 1 aliphatic rings. The highest BCUT2D eigenvalue weighted by Crippen LogP contribution is 2.40. The lowest BCUT2D eigenvalue weighted by molar-refractivity contribution is 0.0728. The van der Waals surface area contributed by atoms with E-state index >= 15 is 4.39 Å². The van der Waals surface area contributed by atoms with Crippen molar-refractivity contribution in [2.24, 2.45) is 0 Å². The van der Waals surface area contributed by atoms with Crippen LogP contribution in [0.4, 0.5) is 4.39 Å². The first-order chi connectivity index (χ1) is 17.3. The van der Waals surface area contributed by atoms with Crippen LogP contribution in [-0.4, -0.2) is 31.6 Å². The van der Waals surface area contributed by atoms with Crippen molar-refractivity contribution in [2.75, 3.05) is 20.8 Å². The molecule has 0 saturated heterocycles. The van der Waals surface area contributed by atoms with E-state index in [1.807, 2.05) is 32.0 Å². The molecule has 1 unspecified atom stereocenters. The number of aryl methyl sites for hydroxylation is 2. The van der Waals surface area contributed by atoms with E-state index in [1.54, 1.807) is 44.6 Å². The number of carbonyl (C=O) groups is 1. The van der Waals surface area contributed by atoms with Gasteiger partial charge in [0.1, 0.15) is 11.4 Å². The van der Waals surface area contributed by atoms with E-state index in [0.717, 1.165) is 16.7 Å². The minimum absolute atomic E-state index is 0.0278. The summed E-state index contributed by atoms with van der Waals surface area (Å²) in [6.07, 6.45) is 0.455. The minimum atomic E-state index is -0.893. The molecule has 0 fully saturated rings. The van der Waals surface area contributed by atoms with Gasteiger partial charge in [-0.05, 0) is 61.2 Å². The third-order valence-corrected chi connectivity index (χ3v) is 6.69. The Morgan fingerprint density at radius 1 is 0.972 bits per heavy atom.